The van der Waals surface area contributed by atoms with Crippen molar-refractivity contribution in [3.63, 3.8) is 0 Å². The Bertz CT molecular complexity index is 441. The highest BCUT2D eigenvalue weighted by Gasteiger charge is 2.03. The fourth-order valence-electron chi connectivity index (χ4n) is 1.99. The van der Waals surface area contributed by atoms with E-state index in [2.05, 4.69) is 56.7 Å². The third kappa shape index (κ3) is 1.41. The Balaban J connectivity index is 2.77. The van der Waals surface area contributed by atoms with Crippen LogP contribution in [0.25, 0.3) is 10.8 Å². The van der Waals surface area contributed by atoms with Gasteiger partial charge in [0.15, 0.2) is 0 Å². The first kappa shape index (κ1) is 9.26. The molecule has 0 saturated carbocycles. The highest BCUT2D eigenvalue weighted by Crippen LogP contribution is 2.24. The molecule has 14 heavy (non-hydrogen) atoms. The zero-order valence-corrected chi connectivity index (χ0v) is 8.75. The van der Waals surface area contributed by atoms with Gasteiger partial charge in [0.1, 0.15) is 0 Å². The first-order chi connectivity index (χ1) is 6.86. The van der Waals surface area contributed by atoms with Crippen molar-refractivity contribution >= 4 is 10.8 Å². The molecule has 0 nitrogen and oxygen atoms in total. The summed E-state index contributed by atoms with van der Waals surface area (Å²) in [4.78, 5) is 0. The Morgan fingerprint density at radius 3 is 2.57 bits per heavy atom. The highest BCUT2D eigenvalue weighted by atomic mass is 14.1. The van der Waals surface area contributed by atoms with Gasteiger partial charge >= 0.3 is 0 Å². The van der Waals surface area contributed by atoms with Gasteiger partial charge in [0, 0.05) is 0 Å². The van der Waals surface area contributed by atoms with Crippen molar-refractivity contribution in [3.05, 3.63) is 53.9 Å². The first-order valence-electron chi connectivity index (χ1n) is 5.16. The van der Waals surface area contributed by atoms with Crippen LogP contribution in [0.15, 0.2) is 36.4 Å². The molecular weight excluding hydrogens is 168 g/mol. The minimum atomic E-state index is 1.10. The van der Waals surface area contributed by atoms with Crippen LogP contribution < -0.4 is 0 Å². The molecule has 2 aromatic rings. The predicted octanol–water partition coefficient (Wildman–Crippen LogP) is 3.97. The van der Waals surface area contributed by atoms with Crippen molar-refractivity contribution in [1.82, 2.24) is 0 Å². The molecule has 0 saturated heterocycles. The van der Waals surface area contributed by atoms with Gasteiger partial charge in [0.2, 0.25) is 0 Å². The van der Waals surface area contributed by atoms with E-state index in [1.165, 1.54) is 21.9 Å². The smallest absolute Gasteiger partial charge is 0.0115 e. The van der Waals surface area contributed by atoms with E-state index in [0.717, 1.165) is 6.42 Å². The number of hydrogen-bond acceptors (Lipinski definition) is 0. The largest absolute Gasteiger partial charge is 0.0616 e. The van der Waals surface area contributed by atoms with E-state index in [4.69, 9.17) is 0 Å². The maximum atomic E-state index is 2.23. The van der Waals surface area contributed by atoms with E-state index in [1.54, 1.807) is 0 Å². The Kier molecular flexibility index (Phi) is 2.53. The Morgan fingerprint density at radius 2 is 1.86 bits per heavy atom. The quantitative estimate of drug-likeness (QED) is 0.660. The molecule has 71 valence electrons. The number of rotatable bonds is 2. The average Bonchev–Trinajstić information content (AvgIpc) is 2.27. The summed E-state index contributed by atoms with van der Waals surface area (Å²) in [6.45, 7) is 4.32. The minimum absolute atomic E-state index is 1.10. The second kappa shape index (κ2) is 3.83. The van der Waals surface area contributed by atoms with E-state index in [0.29, 0.717) is 0 Å². The molecule has 0 aliphatic carbocycles. The standard InChI is InChI=1S/C14H15/c1-3-11-9-10-12-7-5-6-8-14(12)13(11)4-2/h4-10H,3H2,1-2H3. The van der Waals surface area contributed by atoms with Crippen LogP contribution >= 0.6 is 0 Å². The van der Waals surface area contributed by atoms with E-state index < -0.39 is 0 Å². The third-order valence-electron chi connectivity index (χ3n) is 2.73. The lowest BCUT2D eigenvalue weighted by molar-refractivity contribution is 1.12. The minimum Gasteiger partial charge on any atom is -0.0616 e. The monoisotopic (exact) mass is 183 g/mol. The maximum absolute atomic E-state index is 2.23. The van der Waals surface area contributed by atoms with Crippen molar-refractivity contribution < 1.29 is 0 Å². The van der Waals surface area contributed by atoms with E-state index >= 15 is 0 Å². The van der Waals surface area contributed by atoms with Gasteiger partial charge in [-0.1, -0.05) is 50.2 Å². The second-order valence-corrected chi connectivity index (χ2v) is 3.50. The Morgan fingerprint density at radius 1 is 1.07 bits per heavy atom. The van der Waals surface area contributed by atoms with Crippen LogP contribution in [0.4, 0.5) is 0 Å². The number of hydrogen-bond donors (Lipinski definition) is 0. The van der Waals surface area contributed by atoms with Crippen molar-refractivity contribution in [3.8, 4) is 0 Å². The summed E-state index contributed by atoms with van der Waals surface area (Å²) in [6, 6.07) is 13.0. The van der Waals surface area contributed by atoms with Crippen LogP contribution in [-0.4, -0.2) is 0 Å². The molecule has 0 fully saturated rings. The summed E-state index contributed by atoms with van der Waals surface area (Å²) in [5.41, 5.74) is 2.83. The van der Waals surface area contributed by atoms with Gasteiger partial charge in [-0.25, -0.2) is 0 Å². The van der Waals surface area contributed by atoms with Crippen LogP contribution in [0, 0.1) is 6.42 Å². The molecule has 2 aromatic carbocycles. The summed E-state index contributed by atoms with van der Waals surface area (Å²) >= 11 is 0. The van der Waals surface area contributed by atoms with Crippen molar-refractivity contribution in [2.45, 2.75) is 20.3 Å². The molecule has 2 rings (SSSR count). The first-order valence-corrected chi connectivity index (χ1v) is 5.16. The molecule has 0 aromatic heterocycles. The van der Waals surface area contributed by atoms with Crippen LogP contribution in [0.1, 0.15) is 25.0 Å². The van der Waals surface area contributed by atoms with Crippen LogP contribution in [-0.2, 0) is 6.42 Å². The van der Waals surface area contributed by atoms with Crippen molar-refractivity contribution in [1.29, 1.82) is 0 Å². The lowest BCUT2D eigenvalue weighted by atomic mass is 9.96. The van der Waals surface area contributed by atoms with E-state index in [9.17, 15) is 0 Å². The molecule has 0 unspecified atom stereocenters. The number of fused-ring (bicyclic) bond motifs is 1. The fourth-order valence-corrected chi connectivity index (χ4v) is 1.99. The second-order valence-electron chi connectivity index (χ2n) is 3.50. The average molecular weight is 183 g/mol. The molecule has 0 aliphatic rings. The van der Waals surface area contributed by atoms with Gasteiger partial charge in [-0.2, -0.15) is 0 Å². The van der Waals surface area contributed by atoms with Crippen molar-refractivity contribution in [2.24, 2.45) is 0 Å². The fraction of sp³-hybridized carbons (Fsp3) is 0.214. The summed E-state index contributed by atoms with van der Waals surface area (Å²) in [5.74, 6) is 0. The van der Waals surface area contributed by atoms with Gasteiger partial charge in [0.05, 0.1) is 0 Å². The Labute approximate surface area is 85.6 Å². The number of aryl methyl sites for hydroxylation is 1. The molecule has 0 N–H and O–H groups in total. The van der Waals surface area contributed by atoms with Crippen LogP contribution in [0.2, 0.25) is 0 Å². The lowest BCUT2D eigenvalue weighted by Gasteiger charge is -2.09. The Hall–Kier alpha value is -1.30. The molecule has 1 radical (unpaired) electrons. The third-order valence-corrected chi connectivity index (χ3v) is 2.73. The normalized spacial score (nSPS) is 10.7. The van der Waals surface area contributed by atoms with Gasteiger partial charge in [0.25, 0.3) is 0 Å². The van der Waals surface area contributed by atoms with Crippen LogP contribution in [0.5, 0.6) is 0 Å². The van der Waals surface area contributed by atoms with E-state index in [1.807, 2.05) is 0 Å². The topological polar surface area (TPSA) is 0 Å². The molecule has 0 heterocycles. The van der Waals surface area contributed by atoms with E-state index in [-0.39, 0.29) is 0 Å². The summed E-state index contributed by atoms with van der Waals surface area (Å²) in [7, 11) is 0. The molecule has 0 aliphatic heterocycles. The highest BCUT2D eigenvalue weighted by molar-refractivity contribution is 5.87. The lowest BCUT2D eigenvalue weighted by Crippen LogP contribution is -1.90. The SMILES string of the molecule is C[CH]c1c(CC)ccc2ccccc12. The number of benzene rings is 2. The van der Waals surface area contributed by atoms with Crippen molar-refractivity contribution in [2.75, 3.05) is 0 Å². The molecular formula is C14H15. The van der Waals surface area contributed by atoms with Gasteiger partial charge in [-0.15, -0.1) is 0 Å². The molecule has 0 atom stereocenters. The predicted molar refractivity (Wildman–Crippen MR) is 62.4 cm³/mol. The summed E-state index contributed by atoms with van der Waals surface area (Å²) in [5, 5.41) is 2.70. The molecule has 0 amide bonds. The molecule has 0 bridgehead atoms. The zero-order valence-electron chi connectivity index (χ0n) is 8.75. The zero-order chi connectivity index (χ0) is 9.97. The summed E-state index contributed by atoms with van der Waals surface area (Å²) in [6.07, 6.45) is 3.31. The maximum Gasteiger partial charge on any atom is -0.0115 e. The van der Waals surface area contributed by atoms with Gasteiger partial charge < -0.3 is 0 Å². The molecule has 0 spiro atoms. The van der Waals surface area contributed by atoms with Gasteiger partial charge in [-0.3, -0.25) is 0 Å². The molecule has 0 heteroatoms. The van der Waals surface area contributed by atoms with Gasteiger partial charge in [-0.05, 0) is 34.7 Å². The van der Waals surface area contributed by atoms with Crippen LogP contribution in [0.3, 0.4) is 0 Å². The summed E-state index contributed by atoms with van der Waals surface area (Å²) < 4.78 is 0.